The molecule has 0 unspecified atom stereocenters. The monoisotopic (exact) mass is 283 g/mol. The molecule has 2 N–H and O–H groups in total. The number of rotatable bonds is 5. The lowest BCUT2D eigenvalue weighted by Crippen LogP contribution is -2.44. The van der Waals surface area contributed by atoms with Gasteiger partial charge in [-0.1, -0.05) is 33.1 Å². The number of amides is 1. The summed E-state index contributed by atoms with van der Waals surface area (Å²) in [5, 5.41) is 18.4. The normalized spacial score (nSPS) is 28.9. The first-order valence-electron chi connectivity index (χ1n) is 7.55. The zero-order valence-electron chi connectivity index (χ0n) is 12.3. The van der Waals surface area contributed by atoms with Gasteiger partial charge in [0.05, 0.1) is 18.4 Å². The molecule has 2 aliphatic rings. The molecule has 0 saturated heterocycles. The maximum absolute atomic E-state index is 12.7. The van der Waals surface area contributed by atoms with Crippen molar-refractivity contribution >= 4 is 11.9 Å². The van der Waals surface area contributed by atoms with Crippen LogP contribution in [0.5, 0.6) is 0 Å². The van der Waals surface area contributed by atoms with Gasteiger partial charge in [0.25, 0.3) is 0 Å². The summed E-state index contributed by atoms with van der Waals surface area (Å²) in [4.78, 5) is 25.6. The minimum absolute atomic E-state index is 0.0624. The van der Waals surface area contributed by atoms with E-state index < -0.39 is 23.2 Å². The van der Waals surface area contributed by atoms with E-state index in [2.05, 4.69) is 0 Å². The number of carboxylic acid groups (broad SMARTS) is 1. The van der Waals surface area contributed by atoms with Gasteiger partial charge in [-0.2, -0.15) is 0 Å². The van der Waals surface area contributed by atoms with Crippen molar-refractivity contribution in [2.75, 3.05) is 13.2 Å². The van der Waals surface area contributed by atoms with Crippen LogP contribution in [0.1, 0.15) is 46.0 Å². The second-order valence-corrected chi connectivity index (χ2v) is 6.66. The summed E-state index contributed by atoms with van der Waals surface area (Å²) in [6.07, 6.45) is 5.35. The SMILES string of the molecule is CC1(C)[C@H](C(=O)O)[C@@H]1C(=O)N(CCO)C1CCCCC1. The van der Waals surface area contributed by atoms with Crippen molar-refractivity contribution in [2.24, 2.45) is 17.3 Å². The first-order valence-corrected chi connectivity index (χ1v) is 7.55. The number of nitrogens with zero attached hydrogens (tertiary/aromatic N) is 1. The standard InChI is InChI=1S/C15H25NO4/c1-15(2)11(12(15)14(19)20)13(18)16(8-9-17)10-6-4-3-5-7-10/h10-12,17H,3-9H2,1-2H3,(H,19,20)/t11-,12+/m1/s1. The Labute approximate surface area is 120 Å². The molecule has 0 aromatic rings. The number of carbonyl (C=O) groups is 2. The van der Waals surface area contributed by atoms with Crippen LogP contribution in [0.4, 0.5) is 0 Å². The van der Waals surface area contributed by atoms with Crippen LogP contribution in [0.25, 0.3) is 0 Å². The van der Waals surface area contributed by atoms with Gasteiger partial charge >= 0.3 is 5.97 Å². The topological polar surface area (TPSA) is 77.8 Å². The Hall–Kier alpha value is -1.10. The first kappa shape index (κ1) is 15.3. The highest BCUT2D eigenvalue weighted by Crippen LogP contribution is 2.59. The van der Waals surface area contributed by atoms with Gasteiger partial charge in [-0.25, -0.2) is 0 Å². The molecule has 0 aliphatic heterocycles. The molecule has 0 radical (unpaired) electrons. The molecule has 114 valence electrons. The smallest absolute Gasteiger partial charge is 0.307 e. The Morgan fingerprint density at radius 3 is 2.20 bits per heavy atom. The van der Waals surface area contributed by atoms with Gasteiger partial charge in [-0.3, -0.25) is 9.59 Å². The van der Waals surface area contributed by atoms with E-state index in [-0.39, 0.29) is 18.6 Å². The number of hydrogen-bond donors (Lipinski definition) is 2. The third kappa shape index (κ3) is 2.68. The van der Waals surface area contributed by atoms with E-state index in [1.54, 1.807) is 4.90 Å². The van der Waals surface area contributed by atoms with Gasteiger partial charge in [0.15, 0.2) is 0 Å². The van der Waals surface area contributed by atoms with Gasteiger partial charge in [0.1, 0.15) is 0 Å². The molecular weight excluding hydrogens is 258 g/mol. The third-order valence-corrected chi connectivity index (χ3v) is 5.00. The van der Waals surface area contributed by atoms with Crippen LogP contribution in [-0.2, 0) is 9.59 Å². The van der Waals surface area contributed by atoms with Gasteiger partial charge in [0.2, 0.25) is 5.91 Å². The van der Waals surface area contributed by atoms with Crippen LogP contribution in [0.3, 0.4) is 0 Å². The average molecular weight is 283 g/mol. The van der Waals surface area contributed by atoms with Crippen LogP contribution in [0.2, 0.25) is 0 Å². The Kier molecular flexibility index (Phi) is 4.37. The van der Waals surface area contributed by atoms with Crippen LogP contribution in [0, 0.1) is 17.3 Å². The van der Waals surface area contributed by atoms with E-state index in [0.29, 0.717) is 6.54 Å². The summed E-state index contributed by atoms with van der Waals surface area (Å²) in [6, 6.07) is 0.175. The first-order chi connectivity index (χ1) is 9.41. The predicted octanol–water partition coefficient (Wildman–Crippen LogP) is 1.50. The largest absolute Gasteiger partial charge is 0.481 e. The van der Waals surface area contributed by atoms with E-state index >= 15 is 0 Å². The predicted molar refractivity (Wildman–Crippen MR) is 74.1 cm³/mol. The zero-order chi connectivity index (χ0) is 14.9. The average Bonchev–Trinajstić information content (AvgIpc) is 2.99. The molecule has 0 aromatic heterocycles. The molecule has 2 rings (SSSR count). The molecule has 5 heteroatoms. The number of hydrogen-bond acceptors (Lipinski definition) is 3. The zero-order valence-corrected chi connectivity index (χ0v) is 12.3. The molecule has 2 saturated carbocycles. The van der Waals surface area contributed by atoms with Crippen LogP contribution in [-0.4, -0.2) is 46.2 Å². The molecule has 1 amide bonds. The fourth-order valence-corrected chi connectivity index (χ4v) is 3.71. The second-order valence-electron chi connectivity index (χ2n) is 6.66. The highest BCUT2D eigenvalue weighted by molar-refractivity contribution is 5.91. The quantitative estimate of drug-likeness (QED) is 0.801. The molecular formula is C15H25NO4. The summed E-state index contributed by atoms with van der Waals surface area (Å²) in [6.45, 7) is 3.94. The van der Waals surface area contributed by atoms with Crippen LogP contribution < -0.4 is 0 Å². The van der Waals surface area contributed by atoms with Crippen molar-refractivity contribution in [3.63, 3.8) is 0 Å². The lowest BCUT2D eigenvalue weighted by Gasteiger charge is -2.34. The molecule has 2 atom stereocenters. The number of carbonyl (C=O) groups excluding carboxylic acids is 1. The van der Waals surface area contributed by atoms with Crippen molar-refractivity contribution in [3.8, 4) is 0 Å². The summed E-state index contributed by atoms with van der Waals surface area (Å²) >= 11 is 0. The summed E-state index contributed by atoms with van der Waals surface area (Å²) in [5.41, 5.74) is -0.467. The lowest BCUT2D eigenvalue weighted by atomic mass is 9.93. The minimum Gasteiger partial charge on any atom is -0.481 e. The molecule has 5 nitrogen and oxygen atoms in total. The molecule has 2 fully saturated rings. The number of aliphatic carboxylic acids is 1. The van der Waals surface area contributed by atoms with Crippen LogP contribution in [0.15, 0.2) is 0 Å². The molecule has 0 aromatic carbocycles. The fraction of sp³-hybridized carbons (Fsp3) is 0.867. The van der Waals surface area contributed by atoms with E-state index in [4.69, 9.17) is 0 Å². The number of carboxylic acids is 1. The van der Waals surface area contributed by atoms with Gasteiger partial charge in [-0.15, -0.1) is 0 Å². The highest BCUT2D eigenvalue weighted by Gasteiger charge is 2.66. The van der Waals surface area contributed by atoms with Gasteiger partial charge in [-0.05, 0) is 18.3 Å². The van der Waals surface area contributed by atoms with Crippen molar-refractivity contribution < 1.29 is 19.8 Å². The van der Waals surface area contributed by atoms with E-state index in [1.807, 2.05) is 13.8 Å². The van der Waals surface area contributed by atoms with Gasteiger partial charge in [0, 0.05) is 12.6 Å². The third-order valence-electron chi connectivity index (χ3n) is 5.00. The Morgan fingerprint density at radius 2 is 1.75 bits per heavy atom. The second kappa shape index (κ2) is 5.72. The van der Waals surface area contributed by atoms with E-state index in [1.165, 1.54) is 6.42 Å². The number of aliphatic hydroxyl groups excluding tert-OH is 1. The molecule has 0 spiro atoms. The summed E-state index contributed by atoms with van der Waals surface area (Å²) < 4.78 is 0. The molecule has 0 bridgehead atoms. The van der Waals surface area contributed by atoms with Crippen molar-refractivity contribution in [1.82, 2.24) is 4.90 Å². The highest BCUT2D eigenvalue weighted by atomic mass is 16.4. The molecule has 2 aliphatic carbocycles. The summed E-state index contributed by atoms with van der Waals surface area (Å²) in [5.74, 6) is -1.99. The molecule has 0 heterocycles. The van der Waals surface area contributed by atoms with Crippen molar-refractivity contribution in [3.05, 3.63) is 0 Å². The van der Waals surface area contributed by atoms with Gasteiger partial charge < -0.3 is 15.1 Å². The number of aliphatic hydroxyl groups is 1. The van der Waals surface area contributed by atoms with Crippen molar-refractivity contribution in [1.29, 1.82) is 0 Å². The maximum atomic E-state index is 12.7. The Bertz CT molecular complexity index is 387. The lowest BCUT2D eigenvalue weighted by molar-refractivity contribution is -0.143. The Morgan fingerprint density at radius 1 is 1.15 bits per heavy atom. The minimum atomic E-state index is -0.888. The van der Waals surface area contributed by atoms with Crippen LogP contribution >= 0.6 is 0 Å². The summed E-state index contributed by atoms with van der Waals surface area (Å²) in [7, 11) is 0. The Balaban J connectivity index is 2.09. The molecule has 20 heavy (non-hydrogen) atoms. The maximum Gasteiger partial charge on any atom is 0.307 e. The van der Waals surface area contributed by atoms with E-state index in [9.17, 15) is 19.8 Å². The van der Waals surface area contributed by atoms with E-state index in [0.717, 1.165) is 25.7 Å². The fourth-order valence-electron chi connectivity index (χ4n) is 3.71. The van der Waals surface area contributed by atoms with Crippen molar-refractivity contribution in [2.45, 2.75) is 52.0 Å².